The first-order valence-corrected chi connectivity index (χ1v) is 19.7. The molecule has 0 radical (unpaired) electrons. The molecule has 0 heterocycles. The van der Waals surface area contributed by atoms with Crippen molar-refractivity contribution in [1.82, 2.24) is 0 Å². The van der Waals surface area contributed by atoms with Crippen molar-refractivity contribution < 1.29 is 22.9 Å². The predicted octanol–water partition coefficient (Wildman–Crippen LogP) is 10.4. The summed E-state index contributed by atoms with van der Waals surface area (Å²) in [5.41, 5.74) is 12.2. The number of hydrogen-bond donors (Lipinski definition) is 0. The number of benzene rings is 4. The third-order valence-corrected chi connectivity index (χ3v) is 20.7. The van der Waals surface area contributed by atoms with Crippen LogP contribution in [0.2, 0.25) is 0 Å². The van der Waals surface area contributed by atoms with Gasteiger partial charge in [-0.3, -0.25) is 0 Å². The van der Waals surface area contributed by atoms with Crippen molar-refractivity contribution in [3.63, 3.8) is 0 Å². The molecule has 0 fully saturated rings. The van der Waals surface area contributed by atoms with E-state index in [0.717, 1.165) is 21.4 Å². The van der Waals surface area contributed by atoms with Crippen molar-refractivity contribution in [3.8, 4) is 0 Å². The maximum atomic E-state index is 2.59. The van der Waals surface area contributed by atoms with Gasteiger partial charge < -0.3 is 0 Å². The van der Waals surface area contributed by atoms with Crippen molar-refractivity contribution >= 4 is 20.0 Å². The Labute approximate surface area is 267 Å². The normalized spacial score (nSPS) is 18.8. The molecule has 0 spiro atoms. The third kappa shape index (κ3) is 6.64. The molecule has 0 aromatic heterocycles. The van der Waals surface area contributed by atoms with E-state index in [4.69, 9.17) is 0 Å². The van der Waals surface area contributed by atoms with Gasteiger partial charge in [0.05, 0.1) is 0 Å². The van der Waals surface area contributed by atoms with E-state index in [2.05, 4.69) is 163 Å². The molecule has 4 aromatic rings. The summed E-state index contributed by atoms with van der Waals surface area (Å²) in [7, 11) is 0.818. The summed E-state index contributed by atoms with van der Waals surface area (Å²) in [5, 5.41) is 1.53. The Morgan fingerprint density at radius 3 is 1.74 bits per heavy atom. The van der Waals surface area contributed by atoms with E-state index < -0.39 is 22.9 Å². The van der Waals surface area contributed by atoms with Crippen LogP contribution in [-0.4, -0.2) is 0 Å². The van der Waals surface area contributed by atoms with Gasteiger partial charge in [0.2, 0.25) is 0 Å². The third-order valence-electron chi connectivity index (χ3n) is 9.15. The molecule has 2 atom stereocenters. The molecule has 212 valence electrons. The fourth-order valence-corrected chi connectivity index (χ4v) is 17.2. The van der Waals surface area contributed by atoms with Gasteiger partial charge in [-0.05, 0) is 24.0 Å². The zero-order chi connectivity index (χ0) is 29.7. The first-order valence-electron chi connectivity index (χ1n) is 15.1. The van der Waals surface area contributed by atoms with Crippen LogP contribution in [0.3, 0.4) is 0 Å². The molecular formula is C40H43HfP. The molecule has 2 unspecified atom stereocenters. The molecule has 0 N–H and O–H groups in total. The summed E-state index contributed by atoms with van der Waals surface area (Å²) in [4.78, 5) is 0. The summed E-state index contributed by atoms with van der Waals surface area (Å²) in [6.45, 7) is 14.3. The van der Waals surface area contributed by atoms with Crippen molar-refractivity contribution in [2.75, 3.05) is 0 Å². The fourth-order valence-electron chi connectivity index (χ4n) is 6.10. The second kappa shape index (κ2) is 13.4. The Morgan fingerprint density at radius 2 is 1.17 bits per heavy atom. The van der Waals surface area contributed by atoms with E-state index in [1.807, 2.05) is 3.33 Å². The predicted molar refractivity (Wildman–Crippen MR) is 181 cm³/mol. The van der Waals surface area contributed by atoms with Gasteiger partial charge in [-0.25, -0.2) is 0 Å². The monoisotopic (exact) mass is 734 g/mol. The Balaban J connectivity index is 0.000000211. The first-order chi connectivity index (χ1) is 20.2. The zero-order valence-corrected chi connectivity index (χ0v) is 30.6. The molecule has 6 rings (SSSR count). The summed E-state index contributed by atoms with van der Waals surface area (Å²) in [6.07, 6.45) is 7.25. The molecule has 2 heteroatoms. The molecule has 0 saturated carbocycles. The van der Waals surface area contributed by atoms with Gasteiger partial charge >= 0.3 is 184 Å². The Morgan fingerprint density at radius 1 is 0.619 bits per heavy atom. The number of aryl methyl sites for hydroxylation is 3. The standard InChI is InChI=1S/C16H14P.C14H14.C10H15.Hf/c1-12-6-2-5-9-15(12)17-16-11-10-13-7-3-4-8-14(13)16;1-3-7-13(8-4-1)11-12-14-9-5-2-6-10-14;1-7-6-10(4,5)9(3)8(7)2;/h2-11,17H,1H3;1-10H,11-12H2;1-5H3;. The van der Waals surface area contributed by atoms with Crippen LogP contribution < -0.4 is 5.30 Å². The van der Waals surface area contributed by atoms with E-state index >= 15 is 0 Å². The molecule has 0 aliphatic heterocycles. The average molecular weight is 733 g/mol. The van der Waals surface area contributed by atoms with Crippen LogP contribution >= 0.6 is 8.58 Å². The van der Waals surface area contributed by atoms with E-state index in [1.165, 1.54) is 33.1 Å². The summed E-state index contributed by atoms with van der Waals surface area (Å²) < 4.78 is 2.06. The SMILES string of the molecule is CC1=C(C)C(C)(C)[C]([Hf][C]2(Pc3ccccc3C)C=Cc3ccccc32)=C1C.c1ccc(CCc2ccccc2)cc1. The van der Waals surface area contributed by atoms with Gasteiger partial charge in [0, 0.05) is 0 Å². The minimum Gasteiger partial charge on any atom is -0.0622 e. The van der Waals surface area contributed by atoms with E-state index in [9.17, 15) is 0 Å². The molecule has 0 bridgehead atoms. The van der Waals surface area contributed by atoms with Crippen LogP contribution in [0.15, 0.2) is 135 Å². The Kier molecular flexibility index (Phi) is 9.81. The van der Waals surface area contributed by atoms with Crippen molar-refractivity contribution in [1.29, 1.82) is 0 Å². The van der Waals surface area contributed by atoms with Gasteiger partial charge in [-0.2, -0.15) is 0 Å². The Hall–Kier alpha value is -2.60. The van der Waals surface area contributed by atoms with Crippen LogP contribution in [0, 0.1) is 12.3 Å². The number of allylic oxidation sites excluding steroid dienone is 5. The quantitative estimate of drug-likeness (QED) is 0.131. The molecule has 4 aromatic carbocycles. The number of fused-ring (bicyclic) bond motifs is 1. The zero-order valence-electron chi connectivity index (χ0n) is 26.0. The van der Waals surface area contributed by atoms with Crippen molar-refractivity contribution in [2.24, 2.45) is 5.41 Å². The number of hydrogen-bond acceptors (Lipinski definition) is 0. The van der Waals surface area contributed by atoms with E-state index in [1.54, 1.807) is 16.7 Å². The van der Waals surface area contributed by atoms with E-state index in [0.29, 0.717) is 0 Å². The summed E-state index contributed by atoms with van der Waals surface area (Å²) in [6, 6.07) is 39.4. The van der Waals surface area contributed by atoms with Gasteiger partial charge in [0.1, 0.15) is 0 Å². The summed E-state index contributed by atoms with van der Waals surface area (Å²) >= 11 is -1.23. The molecule has 2 aliphatic carbocycles. The van der Waals surface area contributed by atoms with Crippen LogP contribution in [0.1, 0.15) is 62.4 Å². The number of rotatable bonds is 7. The van der Waals surface area contributed by atoms with Crippen molar-refractivity contribution in [3.05, 3.63) is 163 Å². The fraction of sp³-hybridized carbons (Fsp3) is 0.250. The average Bonchev–Trinajstić information content (AvgIpc) is 3.44. The van der Waals surface area contributed by atoms with Crippen LogP contribution in [0.4, 0.5) is 0 Å². The topological polar surface area (TPSA) is 0 Å². The maximum absolute atomic E-state index is 2.59. The van der Waals surface area contributed by atoms with Gasteiger partial charge in [0.25, 0.3) is 0 Å². The van der Waals surface area contributed by atoms with Gasteiger partial charge in [-0.15, -0.1) is 0 Å². The molecule has 2 aliphatic rings. The minimum atomic E-state index is -1.23. The van der Waals surface area contributed by atoms with Crippen molar-refractivity contribution in [2.45, 2.75) is 57.3 Å². The van der Waals surface area contributed by atoms with Crippen LogP contribution in [-0.2, 0) is 38.7 Å². The largest absolute Gasteiger partial charge is 0.0622 e. The second-order valence-corrected chi connectivity index (χ2v) is 21.0. The first kappa shape index (κ1) is 30.8. The molecule has 0 saturated heterocycles. The van der Waals surface area contributed by atoms with E-state index in [-0.39, 0.29) is 8.33 Å². The van der Waals surface area contributed by atoms with Gasteiger partial charge in [-0.1, -0.05) is 60.7 Å². The van der Waals surface area contributed by atoms with Crippen LogP contribution in [0.25, 0.3) is 6.08 Å². The smallest absolute Gasteiger partial charge is 0.0238 e. The van der Waals surface area contributed by atoms with Crippen LogP contribution in [0.5, 0.6) is 0 Å². The summed E-state index contributed by atoms with van der Waals surface area (Å²) in [5.74, 6) is 0. The molecule has 0 nitrogen and oxygen atoms in total. The minimum absolute atomic E-state index is 0.228. The van der Waals surface area contributed by atoms with Gasteiger partial charge in [0.15, 0.2) is 0 Å². The Bertz CT molecular complexity index is 1590. The maximum Gasteiger partial charge on any atom is -0.0238 e. The molecular weight excluding hydrogens is 690 g/mol. The second-order valence-electron chi connectivity index (χ2n) is 12.1. The molecule has 0 amide bonds. The molecule has 42 heavy (non-hydrogen) atoms.